The monoisotopic (exact) mass is 1070 g/mol. The second-order valence-corrected chi connectivity index (χ2v) is 21.0. The van der Waals surface area contributed by atoms with Crippen molar-refractivity contribution in [2.45, 2.75) is 72.3 Å². The molecule has 9 aromatic rings. The molecule has 0 bridgehead atoms. The fraction of sp³-hybridized carbons (Fsp3) is 0.154. The second kappa shape index (κ2) is 27.2. The highest BCUT2D eigenvalue weighted by atomic mass is 15.2. The number of fused-ring (bicyclic) bond motifs is 3. The Morgan fingerprint density at radius 3 is 1.83 bits per heavy atom. The molecular formula is C78H76N4. The molecule has 0 radical (unpaired) electrons. The average Bonchev–Trinajstić information content (AvgIpc) is 3.95. The Hall–Kier alpha value is -9.38. The molecule has 1 unspecified atom stereocenters. The summed E-state index contributed by atoms with van der Waals surface area (Å²) in [4.78, 5) is 7.43. The lowest BCUT2D eigenvalue weighted by Gasteiger charge is -2.34. The molecule has 0 saturated heterocycles. The van der Waals surface area contributed by atoms with Crippen LogP contribution >= 0.6 is 0 Å². The molecule has 0 fully saturated rings. The van der Waals surface area contributed by atoms with Gasteiger partial charge in [-0.3, -0.25) is 0 Å². The van der Waals surface area contributed by atoms with Crippen LogP contribution in [0.15, 0.2) is 286 Å². The molecule has 1 atom stereocenters. The number of hydrogen-bond donors (Lipinski definition) is 0. The molecule has 408 valence electrons. The quantitative estimate of drug-likeness (QED) is 0.0469. The summed E-state index contributed by atoms with van der Waals surface area (Å²) < 4.78 is 2.36. The van der Waals surface area contributed by atoms with Crippen LogP contribution in [0, 0.1) is 0 Å². The van der Waals surface area contributed by atoms with Crippen molar-refractivity contribution in [3.63, 3.8) is 0 Å². The highest BCUT2D eigenvalue weighted by molar-refractivity contribution is 5.94. The first kappa shape index (κ1) is 55.9. The van der Waals surface area contributed by atoms with E-state index in [-0.39, 0.29) is 6.04 Å². The number of benzene rings is 8. The van der Waals surface area contributed by atoms with E-state index in [1.54, 1.807) is 0 Å². The van der Waals surface area contributed by atoms with Gasteiger partial charge in [-0.15, -0.1) is 6.58 Å². The normalized spacial score (nSPS) is 13.5. The van der Waals surface area contributed by atoms with Crippen molar-refractivity contribution >= 4 is 56.8 Å². The van der Waals surface area contributed by atoms with Crippen LogP contribution in [-0.4, -0.2) is 17.2 Å². The van der Waals surface area contributed by atoms with Crippen LogP contribution in [0.5, 0.6) is 0 Å². The van der Waals surface area contributed by atoms with Gasteiger partial charge in [0.1, 0.15) is 0 Å². The van der Waals surface area contributed by atoms with Crippen LogP contribution in [0.3, 0.4) is 0 Å². The summed E-state index contributed by atoms with van der Waals surface area (Å²) >= 11 is 0. The summed E-state index contributed by atoms with van der Waals surface area (Å²) in [5.74, 6) is 0. The summed E-state index contributed by atoms with van der Waals surface area (Å²) in [5, 5.41) is 1.26. The predicted octanol–water partition coefficient (Wildman–Crippen LogP) is 21.6. The van der Waals surface area contributed by atoms with Crippen LogP contribution in [0.25, 0.3) is 56.1 Å². The third-order valence-electron chi connectivity index (χ3n) is 15.6. The van der Waals surface area contributed by atoms with E-state index in [0.29, 0.717) is 0 Å². The Balaban J connectivity index is 1.02. The van der Waals surface area contributed by atoms with E-state index < -0.39 is 0 Å². The predicted molar refractivity (Wildman–Crippen MR) is 357 cm³/mol. The van der Waals surface area contributed by atoms with Crippen molar-refractivity contribution < 1.29 is 0 Å². The zero-order valence-electron chi connectivity index (χ0n) is 48.2. The van der Waals surface area contributed by atoms with Gasteiger partial charge in [0.05, 0.1) is 11.6 Å². The lowest BCUT2D eigenvalue weighted by molar-refractivity contribution is 0.767. The topological polar surface area (TPSA) is 14.7 Å². The Bertz CT molecular complexity index is 3810. The number of aromatic nitrogens is 1. The highest BCUT2D eigenvalue weighted by Gasteiger charge is 2.28. The van der Waals surface area contributed by atoms with Gasteiger partial charge in [0.2, 0.25) is 0 Å². The van der Waals surface area contributed by atoms with Crippen molar-refractivity contribution in [1.29, 1.82) is 0 Å². The van der Waals surface area contributed by atoms with Crippen molar-refractivity contribution in [3.05, 3.63) is 303 Å². The molecule has 10 rings (SSSR count). The maximum absolute atomic E-state index is 4.24. The molecule has 4 nitrogen and oxygen atoms in total. The fourth-order valence-corrected chi connectivity index (χ4v) is 11.4. The van der Waals surface area contributed by atoms with Gasteiger partial charge in [-0.2, -0.15) is 0 Å². The van der Waals surface area contributed by atoms with Gasteiger partial charge in [-0.25, -0.2) is 0 Å². The zero-order chi connectivity index (χ0) is 56.6. The third-order valence-corrected chi connectivity index (χ3v) is 15.6. The number of aryl methyl sites for hydroxylation is 1. The minimum Gasteiger partial charge on any atom is -0.345 e. The first-order chi connectivity index (χ1) is 40.4. The minimum absolute atomic E-state index is 0.0433. The van der Waals surface area contributed by atoms with Gasteiger partial charge in [0, 0.05) is 63.1 Å². The smallest absolute Gasteiger partial charge is 0.0567 e. The molecule has 1 aliphatic rings. The van der Waals surface area contributed by atoms with Crippen LogP contribution in [0.2, 0.25) is 0 Å². The van der Waals surface area contributed by atoms with Gasteiger partial charge in [0.15, 0.2) is 0 Å². The Morgan fingerprint density at radius 1 is 0.561 bits per heavy atom. The molecule has 1 aliphatic carbocycles. The molecule has 0 spiro atoms. The molecule has 0 N–H and O–H groups in total. The minimum atomic E-state index is 0.0433. The lowest BCUT2D eigenvalue weighted by Crippen LogP contribution is -2.33. The lowest BCUT2D eigenvalue weighted by atomic mass is 9.94. The number of nitrogens with zero attached hydrogens (tertiary/aromatic N) is 4. The summed E-state index contributed by atoms with van der Waals surface area (Å²) in [6.07, 6.45) is 31.9. The molecule has 0 aliphatic heterocycles. The Morgan fingerprint density at radius 2 is 1.17 bits per heavy atom. The van der Waals surface area contributed by atoms with Crippen molar-refractivity contribution in [3.8, 4) is 33.4 Å². The van der Waals surface area contributed by atoms with E-state index in [4.69, 9.17) is 0 Å². The number of allylic oxidation sites excluding steroid dienone is 11. The molecular weight excluding hydrogens is 993 g/mol. The van der Waals surface area contributed by atoms with Gasteiger partial charge < -0.3 is 19.3 Å². The first-order valence-corrected chi connectivity index (χ1v) is 29.2. The number of unbranched alkanes of at least 4 members (excludes halogenated alkanes) is 1. The van der Waals surface area contributed by atoms with Crippen molar-refractivity contribution in [2.24, 2.45) is 0 Å². The van der Waals surface area contributed by atoms with Crippen molar-refractivity contribution in [1.82, 2.24) is 4.57 Å². The van der Waals surface area contributed by atoms with E-state index in [1.165, 1.54) is 61.4 Å². The average molecular weight is 1070 g/mol. The Labute approximate surface area is 488 Å². The zero-order valence-corrected chi connectivity index (χ0v) is 48.2. The SMILES string of the molecule is C=CCCc1cc(N(c2ccc(-c3ccc(N(c4cccc(-c5ccccc5)c4)C4C=Cc5c(c6ccccc6n5/C(C=C)=C/C=C\C)C4)cc3)cc2)c2cccc(-c3ccccc3)c2)ccc1N(CC/C=C\C)/C(C)=C/C=C\CCC. The standard InChI is InChI=1S/C78H76N4/c1-7-12-16-19-29-59(6)79(54-26-13-8-2)76-52-50-72(57-66(76)30-14-9-3)80(70-38-27-35-64(55-70)60-31-20-17-21-32-60)68-46-42-62(43-47-68)63-44-48-69(49-45-63)81(71-39-28-36-65(56-71)61-33-22-18-23-34-61)73-51-53-78-75(58-73)74-40-24-25-41-77(74)82(78)67(11-5)37-15-10-4/h8-11,13,15-25,27-29,31-53,55-57,73H,3,5,7,12,14,26,30,54,58H2,1-2,4,6H3/b13-8-,15-10-,19-16-,59-29+,67-37+. The van der Waals surface area contributed by atoms with Crippen LogP contribution < -0.4 is 14.7 Å². The molecule has 1 heterocycles. The van der Waals surface area contributed by atoms with Crippen LogP contribution in [0.4, 0.5) is 34.1 Å². The van der Waals surface area contributed by atoms with E-state index in [1.807, 2.05) is 19.1 Å². The molecule has 0 amide bonds. The van der Waals surface area contributed by atoms with Crippen molar-refractivity contribution in [2.75, 3.05) is 21.2 Å². The maximum atomic E-state index is 4.24. The van der Waals surface area contributed by atoms with E-state index in [2.05, 4.69) is 314 Å². The van der Waals surface area contributed by atoms with E-state index in [0.717, 1.165) is 90.3 Å². The summed E-state index contributed by atoms with van der Waals surface area (Å²) in [5.41, 5.74) is 21.1. The molecule has 4 heteroatoms. The molecule has 82 heavy (non-hydrogen) atoms. The third kappa shape index (κ3) is 12.6. The van der Waals surface area contributed by atoms with Gasteiger partial charge in [0.25, 0.3) is 0 Å². The summed E-state index contributed by atoms with van der Waals surface area (Å²) in [7, 11) is 0. The number of hydrogen-bond acceptors (Lipinski definition) is 3. The summed E-state index contributed by atoms with van der Waals surface area (Å²) in [6, 6.07) is 73.5. The number of para-hydroxylation sites is 1. The van der Waals surface area contributed by atoms with E-state index >= 15 is 0 Å². The van der Waals surface area contributed by atoms with Gasteiger partial charge in [-0.05, 0) is 194 Å². The van der Waals surface area contributed by atoms with Gasteiger partial charge >= 0.3 is 0 Å². The highest BCUT2D eigenvalue weighted by Crippen LogP contribution is 2.43. The largest absolute Gasteiger partial charge is 0.345 e. The maximum Gasteiger partial charge on any atom is 0.0567 e. The number of anilines is 6. The van der Waals surface area contributed by atoms with E-state index in [9.17, 15) is 0 Å². The Kier molecular flexibility index (Phi) is 18.5. The first-order valence-electron chi connectivity index (χ1n) is 29.2. The summed E-state index contributed by atoms with van der Waals surface area (Å²) in [6.45, 7) is 17.9. The fourth-order valence-electron chi connectivity index (χ4n) is 11.4. The number of rotatable bonds is 23. The molecule has 1 aromatic heterocycles. The molecule has 0 saturated carbocycles. The van der Waals surface area contributed by atoms with Crippen LogP contribution in [0.1, 0.15) is 70.2 Å². The molecule has 8 aromatic carbocycles. The van der Waals surface area contributed by atoms with Gasteiger partial charge in [-0.1, -0.05) is 196 Å². The van der Waals surface area contributed by atoms with Crippen LogP contribution in [-0.2, 0) is 12.8 Å². The second-order valence-electron chi connectivity index (χ2n) is 21.0.